The fourth-order valence-electron chi connectivity index (χ4n) is 3.85. The molecule has 1 N–H and O–H groups in total. The monoisotopic (exact) mass is 366 g/mol. The lowest BCUT2D eigenvalue weighted by molar-refractivity contribution is -0.148. The minimum Gasteiger partial charge on any atom is -0.481 e. The largest absolute Gasteiger partial charge is 0.481 e. The Bertz CT molecular complexity index is 822. The van der Waals surface area contributed by atoms with Crippen LogP contribution in [0.1, 0.15) is 11.1 Å². The van der Waals surface area contributed by atoms with Gasteiger partial charge in [0.05, 0.1) is 12.7 Å². The van der Waals surface area contributed by atoms with Gasteiger partial charge in [0.1, 0.15) is 5.41 Å². The standard InChI is InChI=1S/C17H22N2O5S/c1-12-5-3-4-6-13(12)7-15(20)18-8-14-9-19(25(2,23)24)11-17(14,10-18)16(21)22/h3-6,14H,7-11H2,1-2H3,(H,21,22)/t14-,17-/m0/s1. The number of carboxylic acids is 1. The number of hydrogen-bond donors (Lipinski definition) is 1. The summed E-state index contributed by atoms with van der Waals surface area (Å²) >= 11 is 0. The zero-order valence-electron chi connectivity index (χ0n) is 14.3. The number of carbonyl (C=O) groups excluding carboxylic acids is 1. The molecule has 136 valence electrons. The molecule has 2 aliphatic heterocycles. The van der Waals surface area contributed by atoms with Crippen LogP contribution in [0.15, 0.2) is 24.3 Å². The number of sulfonamides is 1. The van der Waals surface area contributed by atoms with Crippen LogP contribution in [0.4, 0.5) is 0 Å². The molecule has 0 spiro atoms. The Morgan fingerprint density at radius 1 is 1.24 bits per heavy atom. The SMILES string of the molecule is Cc1ccccc1CC(=O)N1C[C@H]2CN(S(C)(=O)=O)C[C@@]2(C(=O)O)C1. The summed E-state index contributed by atoms with van der Waals surface area (Å²) in [7, 11) is -3.44. The molecule has 0 saturated carbocycles. The van der Waals surface area contributed by atoms with E-state index < -0.39 is 21.4 Å². The minimum absolute atomic E-state index is 0.0593. The van der Waals surface area contributed by atoms with Gasteiger partial charge in [-0.2, -0.15) is 0 Å². The predicted molar refractivity (Wildman–Crippen MR) is 91.4 cm³/mol. The fraction of sp³-hybridized carbons (Fsp3) is 0.529. The average Bonchev–Trinajstić information content (AvgIpc) is 3.04. The number of carbonyl (C=O) groups is 2. The van der Waals surface area contributed by atoms with E-state index in [9.17, 15) is 23.1 Å². The minimum atomic E-state index is -3.44. The fourth-order valence-corrected chi connectivity index (χ4v) is 4.76. The predicted octanol–water partition coefficient (Wildman–Crippen LogP) is 0.342. The maximum atomic E-state index is 12.6. The molecule has 2 atom stereocenters. The topological polar surface area (TPSA) is 95.0 Å². The van der Waals surface area contributed by atoms with E-state index in [4.69, 9.17) is 0 Å². The van der Waals surface area contributed by atoms with Gasteiger partial charge in [0.15, 0.2) is 0 Å². The van der Waals surface area contributed by atoms with Gasteiger partial charge in [-0.1, -0.05) is 24.3 Å². The lowest BCUT2D eigenvalue weighted by atomic mass is 9.81. The number of amides is 1. The van der Waals surface area contributed by atoms with Crippen LogP contribution in [0.5, 0.6) is 0 Å². The van der Waals surface area contributed by atoms with Gasteiger partial charge in [-0.3, -0.25) is 9.59 Å². The first-order chi connectivity index (χ1) is 11.6. The van der Waals surface area contributed by atoms with Crippen LogP contribution in [-0.2, 0) is 26.0 Å². The van der Waals surface area contributed by atoms with Crippen molar-refractivity contribution in [1.82, 2.24) is 9.21 Å². The Labute approximate surface area is 147 Å². The molecule has 2 fully saturated rings. The molecule has 2 saturated heterocycles. The number of hydrogen-bond acceptors (Lipinski definition) is 4. The zero-order valence-corrected chi connectivity index (χ0v) is 15.1. The Kier molecular flexibility index (Phi) is 4.36. The van der Waals surface area contributed by atoms with Crippen LogP contribution in [0.3, 0.4) is 0 Å². The maximum absolute atomic E-state index is 12.6. The van der Waals surface area contributed by atoms with Crippen molar-refractivity contribution in [2.75, 3.05) is 32.4 Å². The number of benzene rings is 1. The third-order valence-electron chi connectivity index (χ3n) is 5.43. The lowest BCUT2D eigenvalue weighted by Crippen LogP contribution is -2.43. The molecule has 1 aromatic carbocycles. The van der Waals surface area contributed by atoms with Gasteiger partial charge in [0.2, 0.25) is 15.9 Å². The number of aryl methyl sites for hydroxylation is 1. The van der Waals surface area contributed by atoms with Crippen LogP contribution < -0.4 is 0 Å². The highest BCUT2D eigenvalue weighted by Crippen LogP contribution is 2.43. The molecule has 0 aliphatic carbocycles. The maximum Gasteiger partial charge on any atom is 0.313 e. The van der Waals surface area contributed by atoms with Gasteiger partial charge in [-0.05, 0) is 18.1 Å². The molecule has 1 amide bonds. The molecule has 0 aromatic heterocycles. The number of fused-ring (bicyclic) bond motifs is 1. The highest BCUT2D eigenvalue weighted by atomic mass is 32.2. The van der Waals surface area contributed by atoms with Crippen molar-refractivity contribution in [2.45, 2.75) is 13.3 Å². The van der Waals surface area contributed by atoms with E-state index in [0.717, 1.165) is 17.4 Å². The van der Waals surface area contributed by atoms with Gasteiger partial charge in [-0.25, -0.2) is 12.7 Å². The van der Waals surface area contributed by atoms with Crippen molar-refractivity contribution < 1.29 is 23.1 Å². The number of carboxylic acid groups (broad SMARTS) is 1. The van der Waals surface area contributed by atoms with Gasteiger partial charge in [-0.15, -0.1) is 0 Å². The highest BCUT2D eigenvalue weighted by Gasteiger charge is 2.59. The molecular formula is C17H22N2O5S. The summed E-state index contributed by atoms with van der Waals surface area (Å²) in [5, 5.41) is 9.73. The van der Waals surface area contributed by atoms with Crippen molar-refractivity contribution in [1.29, 1.82) is 0 Å². The van der Waals surface area contributed by atoms with E-state index in [-0.39, 0.29) is 44.4 Å². The van der Waals surface area contributed by atoms with Gasteiger partial charge in [0, 0.05) is 32.1 Å². The number of aliphatic carboxylic acids is 1. The first-order valence-corrected chi connectivity index (χ1v) is 9.99. The normalized spacial score (nSPS) is 26.6. The van der Waals surface area contributed by atoms with Crippen molar-refractivity contribution in [3.05, 3.63) is 35.4 Å². The lowest BCUT2D eigenvalue weighted by Gasteiger charge is -2.24. The van der Waals surface area contributed by atoms with Crippen LogP contribution in [-0.4, -0.2) is 67.0 Å². The Morgan fingerprint density at radius 2 is 1.92 bits per heavy atom. The van der Waals surface area contributed by atoms with E-state index in [2.05, 4.69) is 0 Å². The summed E-state index contributed by atoms with van der Waals surface area (Å²) in [6.45, 7) is 2.36. The molecule has 7 nitrogen and oxygen atoms in total. The smallest absolute Gasteiger partial charge is 0.313 e. The summed E-state index contributed by atoms with van der Waals surface area (Å²) in [6.07, 6.45) is 1.32. The summed E-state index contributed by atoms with van der Waals surface area (Å²) in [4.78, 5) is 26.1. The quantitative estimate of drug-likeness (QED) is 0.829. The number of nitrogens with zero attached hydrogens (tertiary/aromatic N) is 2. The molecule has 25 heavy (non-hydrogen) atoms. The Balaban J connectivity index is 1.77. The third-order valence-corrected chi connectivity index (χ3v) is 6.64. The molecule has 3 rings (SSSR count). The van der Waals surface area contributed by atoms with E-state index >= 15 is 0 Å². The van der Waals surface area contributed by atoms with E-state index in [1.54, 1.807) is 4.90 Å². The first kappa shape index (κ1) is 17.9. The molecule has 8 heteroatoms. The van der Waals surface area contributed by atoms with Crippen LogP contribution >= 0.6 is 0 Å². The van der Waals surface area contributed by atoms with Crippen molar-refractivity contribution in [3.8, 4) is 0 Å². The summed E-state index contributed by atoms with van der Waals surface area (Å²) < 4.78 is 24.8. The van der Waals surface area contributed by atoms with E-state index in [0.29, 0.717) is 0 Å². The average molecular weight is 366 g/mol. The van der Waals surface area contributed by atoms with Crippen molar-refractivity contribution in [2.24, 2.45) is 11.3 Å². The second-order valence-corrected chi connectivity index (χ2v) is 9.07. The summed E-state index contributed by atoms with van der Waals surface area (Å²) in [5.41, 5.74) is 0.739. The number of likely N-dealkylation sites (tertiary alicyclic amines) is 1. The van der Waals surface area contributed by atoms with Crippen LogP contribution in [0, 0.1) is 18.3 Å². The molecule has 1 aromatic rings. The molecule has 2 aliphatic rings. The number of rotatable bonds is 4. The Hall–Kier alpha value is -1.93. The zero-order chi connectivity index (χ0) is 18.4. The summed E-state index contributed by atoms with van der Waals surface area (Å²) in [6, 6.07) is 7.60. The van der Waals surface area contributed by atoms with Gasteiger partial charge < -0.3 is 10.0 Å². The van der Waals surface area contributed by atoms with Crippen LogP contribution in [0.25, 0.3) is 0 Å². The molecule has 0 bridgehead atoms. The van der Waals surface area contributed by atoms with Gasteiger partial charge in [0.25, 0.3) is 0 Å². The molecule has 0 unspecified atom stereocenters. The van der Waals surface area contributed by atoms with E-state index in [1.165, 1.54) is 4.31 Å². The highest BCUT2D eigenvalue weighted by molar-refractivity contribution is 7.88. The second kappa shape index (κ2) is 6.10. The van der Waals surface area contributed by atoms with Crippen LogP contribution in [0.2, 0.25) is 0 Å². The van der Waals surface area contributed by atoms with Gasteiger partial charge >= 0.3 is 5.97 Å². The third kappa shape index (κ3) is 3.16. The Morgan fingerprint density at radius 3 is 2.48 bits per heavy atom. The van der Waals surface area contributed by atoms with Crippen molar-refractivity contribution in [3.63, 3.8) is 0 Å². The summed E-state index contributed by atoms with van der Waals surface area (Å²) in [5.74, 6) is -1.52. The molecular weight excluding hydrogens is 344 g/mol. The molecule has 2 heterocycles. The van der Waals surface area contributed by atoms with Crippen molar-refractivity contribution >= 4 is 21.9 Å². The first-order valence-electron chi connectivity index (χ1n) is 8.14. The second-order valence-electron chi connectivity index (χ2n) is 7.09. The molecule has 0 radical (unpaired) electrons. The van der Waals surface area contributed by atoms with E-state index in [1.807, 2.05) is 31.2 Å².